The number of anilines is 2. The Balaban J connectivity index is 1.63. The summed E-state index contributed by atoms with van der Waals surface area (Å²) in [6, 6.07) is 15.7. The van der Waals surface area contributed by atoms with Crippen LogP contribution in [0.4, 0.5) is 20.2 Å². The molecule has 28 heavy (non-hydrogen) atoms. The van der Waals surface area contributed by atoms with Gasteiger partial charge in [-0.05, 0) is 29.7 Å². The molecule has 6 nitrogen and oxygen atoms in total. The summed E-state index contributed by atoms with van der Waals surface area (Å²) in [7, 11) is -3.89. The molecule has 0 radical (unpaired) electrons. The Kier molecular flexibility index (Phi) is 4.38. The Morgan fingerprint density at radius 2 is 1.75 bits per heavy atom. The van der Waals surface area contributed by atoms with Gasteiger partial charge in [0.1, 0.15) is 12.3 Å². The van der Waals surface area contributed by atoms with Crippen molar-refractivity contribution in [2.75, 3.05) is 16.2 Å². The minimum atomic E-state index is -3.89. The van der Waals surface area contributed by atoms with Crippen molar-refractivity contribution < 1.29 is 26.7 Å². The average molecular weight is 404 g/mol. The molecular formula is C19H14F2N2O4S. The van der Waals surface area contributed by atoms with Crippen molar-refractivity contribution in [2.45, 2.75) is 11.5 Å². The van der Waals surface area contributed by atoms with Gasteiger partial charge in [-0.1, -0.05) is 36.4 Å². The Morgan fingerprint density at radius 3 is 2.50 bits per heavy atom. The molecule has 0 aliphatic carbocycles. The van der Waals surface area contributed by atoms with Crippen LogP contribution in [0.25, 0.3) is 10.8 Å². The fraction of sp³-hybridized carbons (Fsp3) is 0.105. The van der Waals surface area contributed by atoms with Crippen LogP contribution in [0.2, 0.25) is 0 Å². The fourth-order valence-electron chi connectivity index (χ4n) is 3.22. The van der Waals surface area contributed by atoms with Crippen LogP contribution in [0.3, 0.4) is 0 Å². The highest BCUT2D eigenvalue weighted by Crippen LogP contribution is 2.41. The van der Waals surface area contributed by atoms with E-state index in [1.807, 2.05) is 0 Å². The van der Waals surface area contributed by atoms with Gasteiger partial charge in [0.25, 0.3) is 10.0 Å². The molecule has 0 aromatic heterocycles. The van der Waals surface area contributed by atoms with E-state index in [1.165, 1.54) is 30.3 Å². The number of hydrogen-bond donors (Lipinski definition) is 1. The predicted octanol–water partition coefficient (Wildman–Crippen LogP) is 3.59. The van der Waals surface area contributed by atoms with E-state index in [0.29, 0.717) is 11.1 Å². The van der Waals surface area contributed by atoms with Crippen LogP contribution in [0.5, 0.6) is 5.75 Å². The molecule has 1 amide bonds. The van der Waals surface area contributed by atoms with E-state index in [-0.39, 0.29) is 16.3 Å². The number of rotatable bonds is 5. The average Bonchev–Trinajstić information content (AvgIpc) is 2.86. The van der Waals surface area contributed by atoms with Gasteiger partial charge in [-0.25, -0.2) is 8.42 Å². The summed E-state index contributed by atoms with van der Waals surface area (Å²) >= 11 is 0. The lowest BCUT2D eigenvalue weighted by Crippen LogP contribution is -2.35. The Labute approximate surface area is 159 Å². The third kappa shape index (κ3) is 3.03. The lowest BCUT2D eigenvalue weighted by atomic mass is 10.1. The summed E-state index contributed by atoms with van der Waals surface area (Å²) in [4.78, 5) is 12.6. The van der Waals surface area contributed by atoms with E-state index in [1.54, 1.807) is 30.3 Å². The predicted molar refractivity (Wildman–Crippen MR) is 100 cm³/mol. The van der Waals surface area contributed by atoms with Crippen LogP contribution in [-0.4, -0.2) is 27.5 Å². The molecule has 0 spiro atoms. The van der Waals surface area contributed by atoms with Gasteiger partial charge in [-0.15, -0.1) is 0 Å². The van der Waals surface area contributed by atoms with Crippen LogP contribution in [0.1, 0.15) is 0 Å². The Bertz CT molecular complexity index is 1180. The maximum absolute atomic E-state index is 12.9. The van der Waals surface area contributed by atoms with Crippen LogP contribution in [0, 0.1) is 0 Å². The van der Waals surface area contributed by atoms with Crippen molar-refractivity contribution in [3.05, 3.63) is 60.7 Å². The van der Waals surface area contributed by atoms with Crippen molar-refractivity contribution in [1.29, 1.82) is 0 Å². The molecule has 1 aliphatic rings. The van der Waals surface area contributed by atoms with Crippen LogP contribution in [-0.2, 0) is 14.8 Å². The summed E-state index contributed by atoms with van der Waals surface area (Å²) in [5, 5.41) is 3.74. The first-order valence-corrected chi connectivity index (χ1v) is 9.70. The number of sulfonamides is 1. The molecule has 0 bridgehead atoms. The molecule has 0 atom stereocenters. The van der Waals surface area contributed by atoms with E-state index >= 15 is 0 Å². The van der Waals surface area contributed by atoms with E-state index in [9.17, 15) is 22.0 Å². The van der Waals surface area contributed by atoms with Crippen molar-refractivity contribution in [2.24, 2.45) is 0 Å². The number of hydrogen-bond acceptors (Lipinski definition) is 4. The minimum Gasteiger partial charge on any atom is -0.433 e. The number of halogens is 2. The molecule has 0 saturated carbocycles. The van der Waals surface area contributed by atoms with Gasteiger partial charge >= 0.3 is 6.61 Å². The molecule has 1 aliphatic heterocycles. The lowest BCUT2D eigenvalue weighted by Gasteiger charge is -2.19. The topological polar surface area (TPSA) is 75.7 Å². The van der Waals surface area contributed by atoms with Crippen LogP contribution < -0.4 is 14.4 Å². The standard InChI is InChI=1S/C19H14F2N2O4S/c20-19(21)27-15-9-2-1-7-13(15)22-17(24)11-23-14-8-3-5-12-6-4-10-16(18(12)14)28(23,25)26/h1-10,19H,11H2,(H,22,24). The zero-order valence-electron chi connectivity index (χ0n) is 14.3. The normalized spacial score (nSPS) is 14.5. The zero-order chi connectivity index (χ0) is 19.9. The number of nitrogens with one attached hydrogen (secondary N) is 1. The highest BCUT2D eigenvalue weighted by Gasteiger charge is 2.36. The maximum atomic E-state index is 12.9. The number of benzene rings is 3. The molecule has 9 heteroatoms. The molecule has 0 saturated heterocycles. The van der Waals surface area contributed by atoms with Gasteiger partial charge in [0.15, 0.2) is 0 Å². The molecule has 4 rings (SSSR count). The van der Waals surface area contributed by atoms with Gasteiger partial charge < -0.3 is 10.1 Å². The summed E-state index contributed by atoms with van der Waals surface area (Å²) in [5.74, 6) is -0.890. The van der Waals surface area contributed by atoms with E-state index in [2.05, 4.69) is 10.1 Å². The summed E-state index contributed by atoms with van der Waals surface area (Å²) < 4.78 is 56.2. The maximum Gasteiger partial charge on any atom is 0.387 e. The second-order valence-corrected chi connectivity index (χ2v) is 7.90. The minimum absolute atomic E-state index is 0.0279. The molecule has 1 N–H and O–H groups in total. The Morgan fingerprint density at radius 1 is 1.04 bits per heavy atom. The third-order valence-corrected chi connectivity index (χ3v) is 6.15. The SMILES string of the molecule is O=C(CN1c2cccc3cccc(c23)S1(=O)=O)Nc1ccccc1OC(F)F. The van der Waals surface area contributed by atoms with E-state index in [4.69, 9.17) is 0 Å². The van der Waals surface area contributed by atoms with Crippen molar-refractivity contribution >= 4 is 38.1 Å². The number of amides is 1. The quantitative estimate of drug-likeness (QED) is 0.705. The summed E-state index contributed by atoms with van der Waals surface area (Å²) in [5.41, 5.74) is 0.431. The van der Waals surface area contributed by atoms with Crippen molar-refractivity contribution in [1.82, 2.24) is 0 Å². The second kappa shape index (κ2) is 6.75. The van der Waals surface area contributed by atoms with E-state index < -0.39 is 29.1 Å². The number of para-hydroxylation sites is 2. The van der Waals surface area contributed by atoms with Gasteiger partial charge in [0.05, 0.1) is 16.3 Å². The number of alkyl halides is 2. The highest BCUT2D eigenvalue weighted by molar-refractivity contribution is 7.93. The van der Waals surface area contributed by atoms with Gasteiger partial charge in [-0.3, -0.25) is 9.10 Å². The number of carbonyl (C=O) groups is 1. The number of ether oxygens (including phenoxy) is 1. The largest absolute Gasteiger partial charge is 0.433 e. The fourth-order valence-corrected chi connectivity index (χ4v) is 4.88. The first-order chi connectivity index (χ1) is 13.4. The van der Waals surface area contributed by atoms with Gasteiger partial charge in [-0.2, -0.15) is 8.78 Å². The third-order valence-electron chi connectivity index (χ3n) is 4.35. The molecule has 0 fully saturated rings. The summed E-state index contributed by atoms with van der Waals surface area (Å²) in [6.07, 6.45) is 0. The Hall–Kier alpha value is -3.20. The van der Waals surface area contributed by atoms with Crippen LogP contribution >= 0.6 is 0 Å². The number of carbonyl (C=O) groups excluding carboxylic acids is 1. The van der Waals surface area contributed by atoms with E-state index in [0.717, 1.165) is 9.69 Å². The first-order valence-electron chi connectivity index (χ1n) is 8.26. The molecule has 3 aromatic rings. The van der Waals surface area contributed by atoms with Crippen molar-refractivity contribution in [3.63, 3.8) is 0 Å². The monoisotopic (exact) mass is 404 g/mol. The first kappa shape index (κ1) is 18.2. The molecule has 1 heterocycles. The van der Waals surface area contributed by atoms with Gasteiger partial charge in [0.2, 0.25) is 5.91 Å². The lowest BCUT2D eigenvalue weighted by molar-refractivity contribution is -0.114. The van der Waals surface area contributed by atoms with Gasteiger partial charge in [0, 0.05) is 5.39 Å². The molecular weight excluding hydrogens is 390 g/mol. The zero-order valence-corrected chi connectivity index (χ0v) is 15.1. The smallest absolute Gasteiger partial charge is 0.387 e. The van der Waals surface area contributed by atoms with Crippen molar-refractivity contribution in [3.8, 4) is 5.75 Å². The summed E-state index contributed by atoms with van der Waals surface area (Å²) in [6.45, 7) is -3.55. The number of nitrogens with zero attached hydrogens (tertiary/aromatic N) is 1. The highest BCUT2D eigenvalue weighted by atomic mass is 32.2. The van der Waals surface area contributed by atoms with Crippen LogP contribution in [0.15, 0.2) is 65.6 Å². The molecule has 0 unspecified atom stereocenters. The molecule has 144 valence electrons. The molecule has 3 aromatic carbocycles. The second-order valence-electron chi connectivity index (χ2n) is 6.07.